The van der Waals surface area contributed by atoms with Crippen LogP contribution in [0.3, 0.4) is 0 Å². The number of carboxylic acid groups (broad SMARTS) is 1. The lowest BCUT2D eigenvalue weighted by Crippen LogP contribution is -1.97. The zero-order valence-corrected chi connectivity index (χ0v) is 11.4. The van der Waals surface area contributed by atoms with E-state index in [2.05, 4.69) is 43.1 Å². The van der Waals surface area contributed by atoms with E-state index in [4.69, 9.17) is 5.11 Å². The van der Waals surface area contributed by atoms with Crippen molar-refractivity contribution in [3.05, 3.63) is 40.6 Å². The van der Waals surface area contributed by atoms with E-state index in [1.807, 2.05) is 6.07 Å². The molecule has 0 radical (unpaired) electrons. The number of aryl methyl sites for hydroxylation is 4. The van der Waals surface area contributed by atoms with Gasteiger partial charge in [0, 0.05) is 11.3 Å². The van der Waals surface area contributed by atoms with Crippen LogP contribution in [0.25, 0.3) is 11.3 Å². The van der Waals surface area contributed by atoms with E-state index in [-0.39, 0.29) is 6.42 Å². The van der Waals surface area contributed by atoms with Crippen molar-refractivity contribution in [1.29, 1.82) is 0 Å². The zero-order chi connectivity index (χ0) is 14.0. The van der Waals surface area contributed by atoms with Crippen molar-refractivity contribution < 1.29 is 9.90 Å². The number of rotatable bonds is 4. The fraction of sp³-hybridized carbons (Fsp3) is 0.333. The van der Waals surface area contributed by atoms with Gasteiger partial charge in [0.25, 0.3) is 0 Å². The van der Waals surface area contributed by atoms with Gasteiger partial charge in [0.15, 0.2) is 0 Å². The van der Waals surface area contributed by atoms with Crippen molar-refractivity contribution in [1.82, 2.24) is 10.2 Å². The summed E-state index contributed by atoms with van der Waals surface area (Å²) in [6, 6.07) is 6.21. The summed E-state index contributed by atoms with van der Waals surface area (Å²) >= 11 is 0. The van der Waals surface area contributed by atoms with Gasteiger partial charge in [-0.05, 0) is 56.0 Å². The molecule has 0 saturated heterocycles. The zero-order valence-electron chi connectivity index (χ0n) is 11.4. The lowest BCUT2D eigenvalue weighted by molar-refractivity contribution is -0.136. The van der Waals surface area contributed by atoms with Gasteiger partial charge < -0.3 is 5.11 Å². The first-order valence-electron chi connectivity index (χ1n) is 6.31. The number of aliphatic carboxylic acids is 1. The third-order valence-electron chi connectivity index (χ3n) is 3.36. The standard InChI is InChI=1S/C15H18N2O2/c1-9-6-11(3)13(7-10(9)2)14-8-12(16-17-14)4-5-15(18)19/h6-8H,4-5H2,1-3H3,(H,16,17)(H,18,19). The number of H-pyrrole nitrogens is 1. The molecule has 100 valence electrons. The van der Waals surface area contributed by atoms with E-state index in [1.54, 1.807) is 0 Å². The molecule has 0 unspecified atom stereocenters. The third kappa shape index (κ3) is 3.02. The number of nitrogens with one attached hydrogen (secondary N) is 1. The summed E-state index contributed by atoms with van der Waals surface area (Å²) < 4.78 is 0. The highest BCUT2D eigenvalue weighted by Crippen LogP contribution is 2.25. The van der Waals surface area contributed by atoms with Crippen LogP contribution in [0.5, 0.6) is 0 Å². The molecule has 0 spiro atoms. The highest BCUT2D eigenvalue weighted by atomic mass is 16.4. The van der Waals surface area contributed by atoms with Crippen LogP contribution in [0.4, 0.5) is 0 Å². The summed E-state index contributed by atoms with van der Waals surface area (Å²) in [6.07, 6.45) is 0.597. The van der Waals surface area contributed by atoms with Gasteiger partial charge in [-0.25, -0.2) is 0 Å². The molecule has 1 heterocycles. The number of hydrogen-bond donors (Lipinski definition) is 2. The Bertz CT molecular complexity index is 615. The molecule has 2 rings (SSSR count). The fourth-order valence-corrected chi connectivity index (χ4v) is 2.11. The van der Waals surface area contributed by atoms with Crippen LogP contribution in [0, 0.1) is 20.8 Å². The molecule has 4 heteroatoms. The van der Waals surface area contributed by atoms with Crippen molar-refractivity contribution in [3.63, 3.8) is 0 Å². The Morgan fingerprint density at radius 2 is 1.84 bits per heavy atom. The van der Waals surface area contributed by atoms with Crippen molar-refractivity contribution >= 4 is 5.97 Å². The monoisotopic (exact) mass is 258 g/mol. The molecule has 0 atom stereocenters. The van der Waals surface area contributed by atoms with Crippen molar-refractivity contribution in [2.75, 3.05) is 0 Å². The molecule has 0 aliphatic heterocycles. The highest BCUT2D eigenvalue weighted by Gasteiger charge is 2.09. The average Bonchev–Trinajstić information content (AvgIpc) is 2.80. The normalized spacial score (nSPS) is 10.7. The largest absolute Gasteiger partial charge is 0.481 e. The maximum absolute atomic E-state index is 10.6. The summed E-state index contributed by atoms with van der Waals surface area (Å²) in [4.78, 5) is 10.6. The van der Waals surface area contributed by atoms with Crippen LogP contribution >= 0.6 is 0 Å². The molecule has 0 aliphatic carbocycles. The van der Waals surface area contributed by atoms with Gasteiger partial charge in [-0.2, -0.15) is 5.10 Å². The average molecular weight is 258 g/mol. The summed E-state index contributed by atoms with van der Waals surface area (Å²) in [7, 11) is 0. The molecular weight excluding hydrogens is 240 g/mol. The lowest BCUT2D eigenvalue weighted by atomic mass is 9.98. The predicted octanol–water partition coefficient (Wildman–Crippen LogP) is 3.02. The second-order valence-electron chi connectivity index (χ2n) is 4.92. The molecule has 4 nitrogen and oxygen atoms in total. The second kappa shape index (κ2) is 5.26. The van der Waals surface area contributed by atoms with Gasteiger partial charge in [-0.1, -0.05) is 6.07 Å². The maximum atomic E-state index is 10.6. The molecule has 2 N–H and O–H groups in total. The van der Waals surface area contributed by atoms with E-state index in [0.29, 0.717) is 6.42 Å². The first-order valence-corrected chi connectivity index (χ1v) is 6.31. The van der Waals surface area contributed by atoms with Crippen LogP contribution < -0.4 is 0 Å². The van der Waals surface area contributed by atoms with Crippen LogP contribution in [0.2, 0.25) is 0 Å². The van der Waals surface area contributed by atoms with Crippen LogP contribution in [0.1, 0.15) is 28.8 Å². The van der Waals surface area contributed by atoms with Gasteiger partial charge in [0.2, 0.25) is 0 Å². The minimum atomic E-state index is -0.793. The van der Waals surface area contributed by atoms with E-state index >= 15 is 0 Å². The van der Waals surface area contributed by atoms with Crippen molar-refractivity contribution in [2.45, 2.75) is 33.6 Å². The Morgan fingerprint density at radius 1 is 1.16 bits per heavy atom. The number of aromatic nitrogens is 2. The number of carbonyl (C=O) groups is 1. The highest BCUT2D eigenvalue weighted by molar-refractivity contribution is 5.68. The predicted molar refractivity (Wildman–Crippen MR) is 74.2 cm³/mol. The van der Waals surface area contributed by atoms with Gasteiger partial charge >= 0.3 is 5.97 Å². The summed E-state index contributed by atoms with van der Waals surface area (Å²) in [5.74, 6) is -0.793. The number of benzene rings is 1. The van der Waals surface area contributed by atoms with E-state index in [9.17, 15) is 4.79 Å². The van der Waals surface area contributed by atoms with Crippen molar-refractivity contribution in [2.24, 2.45) is 0 Å². The molecule has 0 aliphatic rings. The molecule has 0 fully saturated rings. The quantitative estimate of drug-likeness (QED) is 0.885. The minimum Gasteiger partial charge on any atom is -0.481 e. The maximum Gasteiger partial charge on any atom is 0.303 e. The molecule has 0 amide bonds. The summed E-state index contributed by atoms with van der Waals surface area (Å²) in [5, 5.41) is 15.9. The van der Waals surface area contributed by atoms with Crippen LogP contribution in [-0.2, 0) is 11.2 Å². The Hall–Kier alpha value is -2.10. The number of hydrogen-bond acceptors (Lipinski definition) is 2. The van der Waals surface area contributed by atoms with Gasteiger partial charge in [0.05, 0.1) is 12.1 Å². The Balaban J connectivity index is 2.27. The lowest BCUT2D eigenvalue weighted by Gasteiger charge is -2.07. The first kappa shape index (κ1) is 13.3. The van der Waals surface area contributed by atoms with E-state index in [0.717, 1.165) is 17.0 Å². The van der Waals surface area contributed by atoms with Gasteiger partial charge in [-0.3, -0.25) is 9.89 Å². The fourth-order valence-electron chi connectivity index (χ4n) is 2.11. The van der Waals surface area contributed by atoms with Gasteiger partial charge in [-0.15, -0.1) is 0 Å². The Morgan fingerprint density at radius 3 is 2.53 bits per heavy atom. The SMILES string of the molecule is Cc1cc(C)c(-c2cc(CCC(=O)O)[nH]n2)cc1C. The smallest absolute Gasteiger partial charge is 0.303 e. The number of carboxylic acids is 1. The molecule has 1 aromatic heterocycles. The minimum absolute atomic E-state index is 0.119. The molecule has 1 aromatic carbocycles. The summed E-state index contributed by atoms with van der Waals surface area (Å²) in [6.45, 7) is 6.23. The molecule has 0 bridgehead atoms. The number of nitrogens with zero attached hydrogens (tertiary/aromatic N) is 1. The van der Waals surface area contributed by atoms with Crippen LogP contribution in [0.15, 0.2) is 18.2 Å². The van der Waals surface area contributed by atoms with Gasteiger partial charge in [0.1, 0.15) is 0 Å². The van der Waals surface area contributed by atoms with E-state index in [1.165, 1.54) is 16.7 Å². The number of aromatic amines is 1. The van der Waals surface area contributed by atoms with Crippen LogP contribution in [-0.4, -0.2) is 21.3 Å². The third-order valence-corrected chi connectivity index (χ3v) is 3.36. The Labute approximate surface area is 112 Å². The Kier molecular flexibility index (Phi) is 3.69. The first-order chi connectivity index (χ1) is 8.97. The van der Waals surface area contributed by atoms with Crippen molar-refractivity contribution in [3.8, 4) is 11.3 Å². The second-order valence-corrected chi connectivity index (χ2v) is 4.92. The molecule has 2 aromatic rings. The molecule has 19 heavy (non-hydrogen) atoms. The summed E-state index contributed by atoms with van der Waals surface area (Å²) in [5.41, 5.74) is 6.51. The van der Waals surface area contributed by atoms with E-state index < -0.39 is 5.97 Å². The topological polar surface area (TPSA) is 66.0 Å². The molecular formula is C15H18N2O2. The molecule has 0 saturated carbocycles.